The molecule has 0 saturated carbocycles. The number of rotatable bonds is 4. The Kier molecular flexibility index (Phi) is 5.04. The predicted molar refractivity (Wildman–Crippen MR) is 75.7 cm³/mol. The summed E-state index contributed by atoms with van der Waals surface area (Å²) < 4.78 is 13.8. The lowest BCUT2D eigenvalue weighted by molar-refractivity contribution is -0.111. The SMILES string of the molecule is O=C(/C=C/CN1CC[C@@H](F)C1)Nc1ccc(Br)cn1. The third-order valence-electron chi connectivity index (χ3n) is 2.83. The molecule has 1 saturated heterocycles. The molecular formula is C13H15BrFN3O. The second-order valence-corrected chi connectivity index (χ2v) is 5.31. The van der Waals surface area contributed by atoms with Crippen molar-refractivity contribution < 1.29 is 9.18 Å². The van der Waals surface area contributed by atoms with Crippen LogP contribution in [0, 0.1) is 0 Å². The van der Waals surface area contributed by atoms with Crippen LogP contribution in [0.5, 0.6) is 0 Å². The van der Waals surface area contributed by atoms with Gasteiger partial charge in [0.05, 0.1) is 0 Å². The number of hydrogen-bond acceptors (Lipinski definition) is 3. The largest absolute Gasteiger partial charge is 0.307 e. The first-order valence-electron chi connectivity index (χ1n) is 6.09. The molecule has 1 N–H and O–H groups in total. The molecule has 102 valence electrons. The third kappa shape index (κ3) is 4.72. The summed E-state index contributed by atoms with van der Waals surface area (Å²) in [5.74, 6) is 0.272. The van der Waals surface area contributed by atoms with Crippen LogP contribution in [0.2, 0.25) is 0 Å². The van der Waals surface area contributed by atoms with Crippen LogP contribution < -0.4 is 5.32 Å². The van der Waals surface area contributed by atoms with Crippen LogP contribution in [0.3, 0.4) is 0 Å². The highest BCUT2D eigenvalue weighted by atomic mass is 79.9. The monoisotopic (exact) mass is 327 g/mol. The fourth-order valence-corrected chi connectivity index (χ4v) is 2.11. The fraction of sp³-hybridized carbons (Fsp3) is 0.385. The number of nitrogens with one attached hydrogen (secondary N) is 1. The zero-order chi connectivity index (χ0) is 13.7. The molecule has 4 nitrogen and oxygen atoms in total. The van der Waals surface area contributed by atoms with Crippen molar-refractivity contribution in [3.63, 3.8) is 0 Å². The highest BCUT2D eigenvalue weighted by Crippen LogP contribution is 2.12. The molecule has 1 fully saturated rings. The Balaban J connectivity index is 1.76. The topological polar surface area (TPSA) is 45.2 Å². The number of aromatic nitrogens is 1. The molecular weight excluding hydrogens is 313 g/mol. The van der Waals surface area contributed by atoms with E-state index in [-0.39, 0.29) is 5.91 Å². The van der Waals surface area contributed by atoms with E-state index in [0.717, 1.165) is 11.0 Å². The summed E-state index contributed by atoms with van der Waals surface area (Å²) in [5.41, 5.74) is 0. The van der Waals surface area contributed by atoms with Gasteiger partial charge in [-0.25, -0.2) is 9.37 Å². The molecule has 1 aromatic heterocycles. The van der Waals surface area contributed by atoms with Crippen LogP contribution in [-0.2, 0) is 4.79 Å². The number of nitrogens with zero attached hydrogens (tertiary/aromatic N) is 2. The van der Waals surface area contributed by atoms with Crippen LogP contribution in [0.15, 0.2) is 35.0 Å². The van der Waals surface area contributed by atoms with E-state index in [4.69, 9.17) is 0 Å². The molecule has 2 heterocycles. The Morgan fingerprint density at radius 1 is 1.63 bits per heavy atom. The smallest absolute Gasteiger partial charge is 0.249 e. The Labute approximate surface area is 119 Å². The van der Waals surface area contributed by atoms with E-state index in [1.54, 1.807) is 24.4 Å². The first kappa shape index (κ1) is 14.1. The van der Waals surface area contributed by atoms with Crippen LogP contribution in [0.4, 0.5) is 10.2 Å². The van der Waals surface area contributed by atoms with Gasteiger partial charge in [-0.15, -0.1) is 0 Å². The lowest BCUT2D eigenvalue weighted by atomic mass is 10.3. The summed E-state index contributed by atoms with van der Waals surface area (Å²) in [6.45, 7) is 1.81. The van der Waals surface area contributed by atoms with E-state index in [0.29, 0.717) is 25.3 Å². The normalized spacial score (nSPS) is 20.0. The minimum Gasteiger partial charge on any atom is -0.307 e. The Hall–Kier alpha value is -1.27. The van der Waals surface area contributed by atoms with Gasteiger partial charge in [0.2, 0.25) is 5.91 Å². The number of anilines is 1. The predicted octanol–water partition coefficient (Wildman–Crippen LogP) is 2.38. The summed E-state index contributed by atoms with van der Waals surface area (Å²) >= 11 is 3.27. The molecule has 0 unspecified atom stereocenters. The molecule has 1 aliphatic rings. The summed E-state index contributed by atoms with van der Waals surface area (Å²) in [6.07, 6.45) is 4.67. The zero-order valence-corrected chi connectivity index (χ0v) is 11.9. The average molecular weight is 328 g/mol. The Morgan fingerprint density at radius 3 is 3.11 bits per heavy atom. The van der Waals surface area contributed by atoms with Crippen molar-refractivity contribution in [2.45, 2.75) is 12.6 Å². The number of pyridine rings is 1. The Bertz CT molecular complexity index is 463. The molecule has 6 heteroatoms. The number of carbonyl (C=O) groups excluding carboxylic acids is 1. The average Bonchev–Trinajstić information content (AvgIpc) is 2.78. The van der Waals surface area contributed by atoms with Crippen molar-refractivity contribution in [3.05, 3.63) is 35.0 Å². The lowest BCUT2D eigenvalue weighted by Crippen LogP contribution is -2.21. The molecule has 1 amide bonds. The highest BCUT2D eigenvalue weighted by molar-refractivity contribution is 9.10. The summed E-state index contributed by atoms with van der Waals surface area (Å²) in [4.78, 5) is 17.6. The second kappa shape index (κ2) is 6.77. The van der Waals surface area contributed by atoms with E-state index in [2.05, 4.69) is 26.2 Å². The van der Waals surface area contributed by atoms with Crippen molar-refractivity contribution in [1.82, 2.24) is 9.88 Å². The molecule has 19 heavy (non-hydrogen) atoms. The van der Waals surface area contributed by atoms with Gasteiger partial charge in [0.25, 0.3) is 0 Å². The van der Waals surface area contributed by atoms with Gasteiger partial charge in [0, 0.05) is 36.4 Å². The summed E-state index contributed by atoms with van der Waals surface area (Å²) in [7, 11) is 0. The number of carbonyl (C=O) groups is 1. The van der Waals surface area contributed by atoms with Crippen molar-refractivity contribution in [3.8, 4) is 0 Å². The highest BCUT2D eigenvalue weighted by Gasteiger charge is 2.20. The second-order valence-electron chi connectivity index (χ2n) is 4.40. The fourth-order valence-electron chi connectivity index (χ4n) is 1.88. The molecule has 2 rings (SSSR count). The van der Waals surface area contributed by atoms with Gasteiger partial charge >= 0.3 is 0 Å². The Morgan fingerprint density at radius 2 is 2.47 bits per heavy atom. The molecule has 1 aliphatic heterocycles. The maximum atomic E-state index is 12.9. The summed E-state index contributed by atoms with van der Waals surface area (Å²) in [5, 5.41) is 2.65. The summed E-state index contributed by atoms with van der Waals surface area (Å²) in [6, 6.07) is 3.52. The number of alkyl halides is 1. The van der Waals surface area contributed by atoms with Gasteiger partial charge in [0.1, 0.15) is 12.0 Å². The lowest BCUT2D eigenvalue weighted by Gasteiger charge is -2.10. The van der Waals surface area contributed by atoms with Gasteiger partial charge in [0.15, 0.2) is 0 Å². The van der Waals surface area contributed by atoms with E-state index < -0.39 is 6.17 Å². The first-order valence-corrected chi connectivity index (χ1v) is 6.88. The molecule has 1 aromatic rings. The number of hydrogen-bond donors (Lipinski definition) is 1. The number of likely N-dealkylation sites (tertiary alicyclic amines) is 1. The maximum Gasteiger partial charge on any atom is 0.249 e. The minimum atomic E-state index is -0.728. The van der Waals surface area contributed by atoms with Crippen molar-refractivity contribution in [2.24, 2.45) is 0 Å². The molecule has 0 aliphatic carbocycles. The van der Waals surface area contributed by atoms with E-state index >= 15 is 0 Å². The zero-order valence-electron chi connectivity index (χ0n) is 10.4. The van der Waals surface area contributed by atoms with Crippen molar-refractivity contribution in [1.29, 1.82) is 0 Å². The van der Waals surface area contributed by atoms with Crippen LogP contribution in [0.25, 0.3) is 0 Å². The van der Waals surface area contributed by atoms with Crippen molar-refractivity contribution in [2.75, 3.05) is 25.0 Å². The van der Waals surface area contributed by atoms with Gasteiger partial charge in [-0.1, -0.05) is 6.08 Å². The van der Waals surface area contributed by atoms with Gasteiger partial charge in [-0.05, 0) is 34.5 Å². The van der Waals surface area contributed by atoms with Gasteiger partial charge in [-0.3, -0.25) is 9.69 Å². The molecule has 0 spiro atoms. The molecule has 1 atom stereocenters. The molecule has 0 radical (unpaired) electrons. The maximum absolute atomic E-state index is 12.9. The number of amides is 1. The third-order valence-corrected chi connectivity index (χ3v) is 3.30. The molecule has 0 aromatic carbocycles. The molecule has 0 bridgehead atoms. The van der Waals surface area contributed by atoms with Crippen molar-refractivity contribution >= 4 is 27.7 Å². The quantitative estimate of drug-likeness (QED) is 0.863. The van der Waals surface area contributed by atoms with Crippen LogP contribution in [-0.4, -0.2) is 41.6 Å². The van der Waals surface area contributed by atoms with E-state index in [1.807, 2.05) is 4.90 Å². The number of halogens is 2. The first-order chi connectivity index (χ1) is 9.13. The van der Waals surface area contributed by atoms with Gasteiger partial charge in [-0.2, -0.15) is 0 Å². The minimum absolute atomic E-state index is 0.231. The van der Waals surface area contributed by atoms with E-state index in [9.17, 15) is 9.18 Å². The van der Waals surface area contributed by atoms with Crippen LogP contribution in [0.1, 0.15) is 6.42 Å². The van der Waals surface area contributed by atoms with Crippen LogP contribution >= 0.6 is 15.9 Å². The van der Waals surface area contributed by atoms with Gasteiger partial charge < -0.3 is 5.32 Å². The van der Waals surface area contributed by atoms with E-state index in [1.165, 1.54) is 6.08 Å². The standard InChI is InChI=1S/C13H15BrFN3O/c14-10-3-4-12(16-8-10)17-13(19)2-1-6-18-7-5-11(15)9-18/h1-4,8,11H,5-7,9H2,(H,16,17,19)/b2-1+/t11-/m1/s1.